The predicted molar refractivity (Wildman–Crippen MR) is 85.1 cm³/mol. The van der Waals surface area contributed by atoms with Gasteiger partial charge in [0.25, 0.3) is 0 Å². The van der Waals surface area contributed by atoms with Gasteiger partial charge in [-0.25, -0.2) is 0 Å². The summed E-state index contributed by atoms with van der Waals surface area (Å²) < 4.78 is 0. The Morgan fingerprint density at radius 1 is 0.722 bits per heavy atom. The Hall–Kier alpha value is -0.0800. The molecule has 0 rings (SSSR count). The maximum absolute atomic E-state index is 5.35. The van der Waals surface area contributed by atoms with Crippen LogP contribution in [0.2, 0.25) is 0 Å². The van der Waals surface area contributed by atoms with E-state index in [0.29, 0.717) is 0 Å². The summed E-state index contributed by atoms with van der Waals surface area (Å²) in [7, 11) is 0. The number of rotatable bonds is 9. The zero-order chi connectivity index (χ0) is 14.4. The van der Waals surface area contributed by atoms with Crippen molar-refractivity contribution in [1.82, 2.24) is 4.90 Å². The Bertz CT molecular complexity index is 125. The number of hydrogen-bond donors (Lipinski definition) is 1. The zero-order valence-corrected chi connectivity index (χ0v) is 13.9. The van der Waals surface area contributed by atoms with Crippen LogP contribution in [0.3, 0.4) is 0 Å². The average molecular weight is 258 g/mol. The van der Waals surface area contributed by atoms with E-state index in [1.165, 1.54) is 58.2 Å². The van der Waals surface area contributed by atoms with Crippen LogP contribution in [-0.2, 0) is 0 Å². The minimum Gasteiger partial charge on any atom is -0.326 e. The smallest absolute Gasteiger partial charge is 0.00686 e. The molecule has 0 amide bonds. The minimum absolute atomic E-state index is 0. The Balaban J connectivity index is 0. The quantitative estimate of drug-likeness (QED) is 0.663. The Kier molecular flexibility index (Phi) is 15.0. The third-order valence-electron chi connectivity index (χ3n) is 2.48. The van der Waals surface area contributed by atoms with Crippen molar-refractivity contribution in [3.63, 3.8) is 0 Å². The highest BCUT2D eigenvalue weighted by molar-refractivity contribution is 4.60. The molecule has 0 fully saturated rings. The maximum Gasteiger partial charge on any atom is 0.00686 e. The Labute approximate surface area is 116 Å². The van der Waals surface area contributed by atoms with Gasteiger partial charge in [-0.15, -0.1) is 0 Å². The van der Waals surface area contributed by atoms with Crippen LogP contribution in [0.25, 0.3) is 0 Å². The minimum atomic E-state index is 0. The molecule has 0 aliphatic carbocycles. The first-order chi connectivity index (χ1) is 8.35. The Morgan fingerprint density at radius 2 is 0.944 bits per heavy atom. The van der Waals surface area contributed by atoms with Crippen LogP contribution in [0.4, 0.5) is 0 Å². The zero-order valence-electron chi connectivity index (χ0n) is 13.9. The van der Waals surface area contributed by atoms with Crippen molar-refractivity contribution in [1.29, 1.82) is 0 Å². The predicted octanol–water partition coefficient (Wildman–Crippen LogP) is 4.43. The van der Waals surface area contributed by atoms with Crippen molar-refractivity contribution < 1.29 is 0 Å². The van der Waals surface area contributed by atoms with Gasteiger partial charge >= 0.3 is 0 Å². The highest BCUT2D eigenvalue weighted by Crippen LogP contribution is 2.01. The fourth-order valence-corrected chi connectivity index (χ4v) is 1.48. The lowest BCUT2D eigenvalue weighted by atomic mass is 10.1. The summed E-state index contributed by atoms with van der Waals surface area (Å²) in [6.45, 7) is 16.7. The van der Waals surface area contributed by atoms with Gasteiger partial charge < -0.3 is 10.6 Å². The van der Waals surface area contributed by atoms with Crippen LogP contribution >= 0.6 is 0 Å². The van der Waals surface area contributed by atoms with Gasteiger partial charge in [0.1, 0.15) is 0 Å². The van der Waals surface area contributed by atoms with E-state index in [2.05, 4.69) is 25.7 Å². The van der Waals surface area contributed by atoms with E-state index >= 15 is 0 Å². The molecule has 2 N–H and O–H groups in total. The van der Waals surface area contributed by atoms with E-state index in [1.54, 1.807) is 0 Å². The molecule has 2 nitrogen and oxygen atoms in total. The van der Waals surface area contributed by atoms with E-state index in [1.807, 2.05) is 20.8 Å². The van der Waals surface area contributed by atoms with Crippen molar-refractivity contribution in [2.45, 2.75) is 85.6 Å². The lowest BCUT2D eigenvalue weighted by molar-refractivity contribution is 0.261. The lowest BCUT2D eigenvalue weighted by Gasteiger charge is -2.21. The molecule has 0 aromatic heterocycles. The number of hydrogen-bond acceptors (Lipinski definition) is 2. The summed E-state index contributed by atoms with van der Waals surface area (Å²) in [6.07, 6.45) is 8.09. The maximum atomic E-state index is 5.35. The van der Waals surface area contributed by atoms with Crippen LogP contribution in [0.15, 0.2) is 0 Å². The van der Waals surface area contributed by atoms with Crippen molar-refractivity contribution in [3.05, 3.63) is 0 Å². The fraction of sp³-hybridized carbons (Fsp3) is 1.00. The molecule has 18 heavy (non-hydrogen) atoms. The van der Waals surface area contributed by atoms with Gasteiger partial charge in [-0.2, -0.15) is 0 Å². The summed E-state index contributed by atoms with van der Waals surface area (Å²) >= 11 is 0. The first kappa shape index (κ1) is 20.2. The van der Waals surface area contributed by atoms with Gasteiger partial charge in [-0.05, 0) is 59.7 Å². The molecule has 0 radical (unpaired) electrons. The molecule has 0 saturated heterocycles. The van der Waals surface area contributed by atoms with Gasteiger partial charge in [0, 0.05) is 5.54 Å². The average Bonchev–Trinajstić information content (AvgIpc) is 2.26. The number of nitrogens with two attached hydrogens (primary N) is 1. The molecule has 0 aliphatic heterocycles. The highest BCUT2D eigenvalue weighted by Gasteiger charge is 2.01. The third kappa shape index (κ3) is 24.9. The molecule has 0 unspecified atom stereocenters. The van der Waals surface area contributed by atoms with E-state index in [9.17, 15) is 0 Å². The monoisotopic (exact) mass is 258 g/mol. The normalized spacial score (nSPS) is 11.3. The van der Waals surface area contributed by atoms with Gasteiger partial charge in [0.2, 0.25) is 0 Å². The summed E-state index contributed by atoms with van der Waals surface area (Å²) in [5, 5.41) is 0. The van der Waals surface area contributed by atoms with Crippen molar-refractivity contribution >= 4 is 0 Å². The van der Waals surface area contributed by atoms with E-state index in [0.717, 1.165) is 0 Å². The van der Waals surface area contributed by atoms with Crippen molar-refractivity contribution in [2.75, 3.05) is 19.6 Å². The van der Waals surface area contributed by atoms with Crippen LogP contribution in [0.1, 0.15) is 80.1 Å². The molecule has 0 aromatic rings. The van der Waals surface area contributed by atoms with Gasteiger partial charge in [-0.3, -0.25) is 0 Å². The molecule has 0 spiro atoms. The van der Waals surface area contributed by atoms with Gasteiger partial charge in [-0.1, -0.05) is 40.0 Å². The molecule has 0 heterocycles. The fourth-order valence-electron chi connectivity index (χ4n) is 1.48. The van der Waals surface area contributed by atoms with E-state index < -0.39 is 0 Å². The SMILES string of the molecule is CC(C)(C)N.CCCCN(CCCC)CCCC. The van der Waals surface area contributed by atoms with E-state index in [-0.39, 0.29) is 5.54 Å². The van der Waals surface area contributed by atoms with Gasteiger partial charge in [0.05, 0.1) is 0 Å². The molecule has 0 aromatic carbocycles. The Morgan fingerprint density at radius 3 is 1.11 bits per heavy atom. The lowest BCUT2D eigenvalue weighted by Crippen LogP contribution is -2.27. The summed E-state index contributed by atoms with van der Waals surface area (Å²) in [5.74, 6) is 0. The summed E-state index contributed by atoms with van der Waals surface area (Å²) in [4.78, 5) is 2.64. The molecule has 0 saturated carbocycles. The summed E-state index contributed by atoms with van der Waals surface area (Å²) in [5.41, 5.74) is 5.35. The van der Waals surface area contributed by atoms with Crippen LogP contribution in [0.5, 0.6) is 0 Å². The topological polar surface area (TPSA) is 29.3 Å². The molecular weight excluding hydrogens is 220 g/mol. The second-order valence-electron chi connectivity index (χ2n) is 6.27. The standard InChI is InChI=1S/C12H27N.C4H11N/c1-4-7-10-13(11-8-5-2)12-9-6-3;1-4(2,3)5/h4-12H2,1-3H3;5H2,1-3H3. The number of nitrogens with zero attached hydrogens (tertiary/aromatic N) is 1. The molecular formula is C16H38N2. The molecule has 2 heteroatoms. The van der Waals surface area contributed by atoms with Crippen molar-refractivity contribution in [2.24, 2.45) is 5.73 Å². The molecule has 0 aliphatic rings. The van der Waals surface area contributed by atoms with Gasteiger partial charge in [0.15, 0.2) is 0 Å². The van der Waals surface area contributed by atoms with E-state index in [4.69, 9.17) is 5.73 Å². The molecule has 112 valence electrons. The first-order valence-corrected chi connectivity index (χ1v) is 7.86. The molecule has 0 atom stereocenters. The highest BCUT2D eigenvalue weighted by atomic mass is 15.1. The second kappa shape index (κ2) is 13.4. The molecule has 0 bridgehead atoms. The first-order valence-electron chi connectivity index (χ1n) is 7.86. The second-order valence-corrected chi connectivity index (χ2v) is 6.27. The summed E-state index contributed by atoms with van der Waals surface area (Å²) in [6, 6.07) is 0. The third-order valence-corrected chi connectivity index (χ3v) is 2.48. The van der Waals surface area contributed by atoms with Crippen molar-refractivity contribution in [3.8, 4) is 0 Å². The largest absolute Gasteiger partial charge is 0.326 e. The van der Waals surface area contributed by atoms with Crippen LogP contribution < -0.4 is 5.73 Å². The van der Waals surface area contributed by atoms with Crippen LogP contribution in [0, 0.1) is 0 Å². The van der Waals surface area contributed by atoms with Crippen LogP contribution in [-0.4, -0.2) is 30.1 Å². The number of unbranched alkanes of at least 4 members (excludes halogenated alkanes) is 3.